The van der Waals surface area contributed by atoms with Crippen LogP contribution in [-0.2, 0) is 11.3 Å². The molecular formula is C21H29N5O2. The summed E-state index contributed by atoms with van der Waals surface area (Å²) >= 11 is 0. The Morgan fingerprint density at radius 1 is 1.29 bits per heavy atom. The SMILES string of the molecule is CC(C)COC(C)c1noc(CN2CCC(c3c[nH]c4ncccc34)CC2)n1. The minimum Gasteiger partial charge on any atom is -0.370 e. The predicted octanol–water partition coefficient (Wildman–Crippen LogP) is 4.06. The molecule has 0 aliphatic carbocycles. The van der Waals surface area contributed by atoms with Crippen LogP contribution in [0, 0.1) is 5.92 Å². The summed E-state index contributed by atoms with van der Waals surface area (Å²) in [7, 11) is 0. The van der Waals surface area contributed by atoms with Crippen LogP contribution in [0.4, 0.5) is 0 Å². The molecule has 1 saturated heterocycles. The van der Waals surface area contributed by atoms with Crippen molar-refractivity contribution < 1.29 is 9.26 Å². The number of pyridine rings is 1. The van der Waals surface area contributed by atoms with E-state index in [1.165, 1.54) is 10.9 Å². The number of nitrogens with zero attached hydrogens (tertiary/aromatic N) is 4. The summed E-state index contributed by atoms with van der Waals surface area (Å²) in [6.07, 6.45) is 6.06. The van der Waals surface area contributed by atoms with Crippen molar-refractivity contribution in [1.29, 1.82) is 0 Å². The molecule has 28 heavy (non-hydrogen) atoms. The first-order chi connectivity index (χ1) is 13.6. The average molecular weight is 383 g/mol. The van der Waals surface area contributed by atoms with Gasteiger partial charge >= 0.3 is 0 Å². The molecule has 0 amide bonds. The first-order valence-corrected chi connectivity index (χ1v) is 10.2. The molecular weight excluding hydrogens is 354 g/mol. The Morgan fingerprint density at radius 3 is 2.89 bits per heavy atom. The van der Waals surface area contributed by atoms with Crippen LogP contribution in [0.3, 0.4) is 0 Å². The summed E-state index contributed by atoms with van der Waals surface area (Å²) in [6, 6.07) is 4.16. The quantitative estimate of drug-likeness (QED) is 0.663. The highest BCUT2D eigenvalue weighted by Crippen LogP contribution is 2.32. The van der Waals surface area contributed by atoms with E-state index < -0.39 is 0 Å². The van der Waals surface area contributed by atoms with E-state index in [1.807, 2.05) is 19.2 Å². The Kier molecular flexibility index (Phi) is 5.73. The van der Waals surface area contributed by atoms with E-state index in [1.54, 1.807) is 0 Å². The molecule has 3 aromatic rings. The average Bonchev–Trinajstić information content (AvgIpc) is 3.34. The Morgan fingerprint density at radius 2 is 2.11 bits per heavy atom. The molecule has 1 aliphatic rings. The van der Waals surface area contributed by atoms with Gasteiger partial charge in [0, 0.05) is 24.4 Å². The number of H-pyrrole nitrogens is 1. The number of nitrogens with one attached hydrogen (secondary N) is 1. The number of piperidine rings is 1. The van der Waals surface area contributed by atoms with Crippen LogP contribution >= 0.6 is 0 Å². The summed E-state index contributed by atoms with van der Waals surface area (Å²) in [5.74, 6) is 2.36. The zero-order valence-electron chi connectivity index (χ0n) is 16.9. The van der Waals surface area contributed by atoms with Gasteiger partial charge in [-0.2, -0.15) is 4.98 Å². The molecule has 3 aromatic heterocycles. The van der Waals surface area contributed by atoms with Crippen LogP contribution in [0.1, 0.15) is 62.9 Å². The van der Waals surface area contributed by atoms with Crippen molar-refractivity contribution in [3.8, 4) is 0 Å². The number of ether oxygens (including phenoxy) is 1. The maximum Gasteiger partial charge on any atom is 0.240 e. The number of fused-ring (bicyclic) bond motifs is 1. The van der Waals surface area contributed by atoms with E-state index in [2.05, 4.69) is 51.1 Å². The van der Waals surface area contributed by atoms with Crippen molar-refractivity contribution in [1.82, 2.24) is 25.0 Å². The topological polar surface area (TPSA) is 80.1 Å². The second-order valence-corrected chi connectivity index (χ2v) is 8.11. The minimum atomic E-state index is -0.138. The third-order valence-corrected chi connectivity index (χ3v) is 5.40. The van der Waals surface area contributed by atoms with Gasteiger partial charge in [0.2, 0.25) is 5.89 Å². The molecule has 4 rings (SSSR count). The van der Waals surface area contributed by atoms with Crippen molar-refractivity contribution in [2.75, 3.05) is 19.7 Å². The van der Waals surface area contributed by atoms with Crippen LogP contribution in [0.25, 0.3) is 11.0 Å². The second-order valence-electron chi connectivity index (χ2n) is 8.11. The van der Waals surface area contributed by atoms with E-state index in [4.69, 9.17) is 9.26 Å². The highest BCUT2D eigenvalue weighted by molar-refractivity contribution is 5.80. The smallest absolute Gasteiger partial charge is 0.240 e. The summed E-state index contributed by atoms with van der Waals surface area (Å²) in [4.78, 5) is 14.6. The molecule has 1 aliphatic heterocycles. The zero-order chi connectivity index (χ0) is 19.5. The fourth-order valence-corrected chi connectivity index (χ4v) is 3.82. The standard InChI is InChI=1S/C21H29N5O2/c1-14(2)13-27-15(3)20-24-19(28-25-20)12-26-9-6-16(7-10-26)18-11-23-21-17(18)5-4-8-22-21/h4-5,8,11,14-16H,6-7,9-10,12-13H2,1-3H3,(H,22,23). The Balaban J connectivity index is 1.31. The Bertz CT molecular complexity index is 895. The molecule has 1 atom stereocenters. The predicted molar refractivity (Wildman–Crippen MR) is 107 cm³/mol. The fraction of sp³-hybridized carbons (Fsp3) is 0.571. The molecule has 0 saturated carbocycles. The molecule has 7 heteroatoms. The highest BCUT2D eigenvalue weighted by Gasteiger charge is 2.24. The van der Waals surface area contributed by atoms with Crippen molar-refractivity contribution in [2.24, 2.45) is 5.92 Å². The van der Waals surface area contributed by atoms with Gasteiger partial charge in [-0.15, -0.1) is 0 Å². The van der Waals surface area contributed by atoms with Gasteiger partial charge in [0.25, 0.3) is 0 Å². The number of aromatic amines is 1. The first kappa shape index (κ1) is 19.1. The van der Waals surface area contributed by atoms with Gasteiger partial charge in [-0.25, -0.2) is 4.98 Å². The lowest BCUT2D eigenvalue weighted by Gasteiger charge is -2.30. The number of likely N-dealkylation sites (tertiary alicyclic amines) is 1. The lowest BCUT2D eigenvalue weighted by Crippen LogP contribution is -2.32. The summed E-state index contributed by atoms with van der Waals surface area (Å²) in [5, 5.41) is 5.35. The van der Waals surface area contributed by atoms with Crippen LogP contribution in [0.5, 0.6) is 0 Å². The summed E-state index contributed by atoms with van der Waals surface area (Å²) in [6.45, 7) is 9.67. The molecule has 0 radical (unpaired) electrons. The minimum absolute atomic E-state index is 0.138. The zero-order valence-corrected chi connectivity index (χ0v) is 16.9. The number of hydrogen-bond donors (Lipinski definition) is 1. The lowest BCUT2D eigenvalue weighted by molar-refractivity contribution is 0.0402. The molecule has 0 bridgehead atoms. The highest BCUT2D eigenvalue weighted by atomic mass is 16.5. The van der Waals surface area contributed by atoms with Gasteiger partial charge < -0.3 is 14.2 Å². The van der Waals surface area contributed by atoms with Gasteiger partial charge in [0.15, 0.2) is 5.82 Å². The number of aromatic nitrogens is 4. The molecule has 1 fully saturated rings. The second kappa shape index (κ2) is 8.41. The number of rotatable bonds is 7. The van der Waals surface area contributed by atoms with E-state index in [0.29, 0.717) is 36.7 Å². The molecule has 7 nitrogen and oxygen atoms in total. The van der Waals surface area contributed by atoms with Crippen LogP contribution in [0.15, 0.2) is 29.0 Å². The van der Waals surface area contributed by atoms with Crippen molar-refractivity contribution in [3.05, 3.63) is 41.8 Å². The summed E-state index contributed by atoms with van der Waals surface area (Å²) in [5.41, 5.74) is 2.37. The van der Waals surface area contributed by atoms with E-state index >= 15 is 0 Å². The van der Waals surface area contributed by atoms with Gasteiger partial charge in [0.05, 0.1) is 6.54 Å². The van der Waals surface area contributed by atoms with Crippen LogP contribution in [-0.4, -0.2) is 44.7 Å². The van der Waals surface area contributed by atoms with Crippen LogP contribution in [0.2, 0.25) is 0 Å². The number of hydrogen-bond acceptors (Lipinski definition) is 6. The van der Waals surface area contributed by atoms with Crippen molar-refractivity contribution >= 4 is 11.0 Å². The third-order valence-electron chi connectivity index (χ3n) is 5.40. The molecule has 1 unspecified atom stereocenters. The lowest BCUT2D eigenvalue weighted by atomic mass is 9.89. The largest absolute Gasteiger partial charge is 0.370 e. The van der Waals surface area contributed by atoms with Gasteiger partial charge in [0.1, 0.15) is 11.8 Å². The molecule has 1 N–H and O–H groups in total. The molecule has 150 valence electrons. The first-order valence-electron chi connectivity index (χ1n) is 10.2. The normalized spacial score (nSPS) is 17.6. The maximum absolute atomic E-state index is 5.78. The van der Waals surface area contributed by atoms with Crippen LogP contribution < -0.4 is 0 Å². The van der Waals surface area contributed by atoms with Gasteiger partial charge in [-0.1, -0.05) is 19.0 Å². The molecule has 0 spiro atoms. The van der Waals surface area contributed by atoms with Crippen molar-refractivity contribution in [2.45, 2.75) is 52.2 Å². The fourth-order valence-electron chi connectivity index (χ4n) is 3.82. The van der Waals surface area contributed by atoms with E-state index in [-0.39, 0.29) is 6.10 Å². The third kappa shape index (κ3) is 4.25. The maximum atomic E-state index is 5.78. The van der Waals surface area contributed by atoms with Gasteiger partial charge in [-0.05, 0) is 62.4 Å². The Hall–Kier alpha value is -2.25. The molecule has 4 heterocycles. The molecule has 0 aromatic carbocycles. The van der Waals surface area contributed by atoms with E-state index in [9.17, 15) is 0 Å². The van der Waals surface area contributed by atoms with E-state index in [0.717, 1.165) is 31.6 Å². The Labute approximate surface area is 165 Å². The van der Waals surface area contributed by atoms with Gasteiger partial charge in [-0.3, -0.25) is 4.90 Å². The van der Waals surface area contributed by atoms with Crippen molar-refractivity contribution in [3.63, 3.8) is 0 Å². The summed E-state index contributed by atoms with van der Waals surface area (Å²) < 4.78 is 11.2. The monoisotopic (exact) mass is 383 g/mol.